The number of carbonyl (C=O) groups is 2. The number of amides is 2. The number of thiazole rings is 1. The molecule has 3 aromatic heterocycles. The van der Waals surface area contributed by atoms with Gasteiger partial charge in [0.1, 0.15) is 5.76 Å². The zero-order valence-electron chi connectivity index (χ0n) is 17.6. The van der Waals surface area contributed by atoms with Crippen molar-refractivity contribution in [2.45, 2.75) is 19.4 Å². The molecule has 3 heterocycles. The van der Waals surface area contributed by atoms with E-state index in [0.717, 1.165) is 45.1 Å². The summed E-state index contributed by atoms with van der Waals surface area (Å²) in [6, 6.07) is 15.7. The number of benzene rings is 2. The fourth-order valence-electron chi connectivity index (χ4n) is 3.87. The fraction of sp³-hybridized carbons (Fsp3) is 0.160. The first kappa shape index (κ1) is 19.8. The molecule has 0 atom stereocenters. The SMILES string of the molecule is O=C(NCc1ccco1)c1c[nH]c2ccc(-c3ccc4nc(NC(=O)C5CC5)sc4c3)cc12. The van der Waals surface area contributed by atoms with E-state index < -0.39 is 0 Å². The van der Waals surface area contributed by atoms with Crippen LogP contribution in [0.3, 0.4) is 0 Å². The normalized spacial score (nSPS) is 13.5. The molecular formula is C25H20N4O3S. The van der Waals surface area contributed by atoms with Gasteiger partial charge < -0.3 is 20.0 Å². The Hall–Kier alpha value is -3.91. The molecule has 3 N–H and O–H groups in total. The van der Waals surface area contributed by atoms with E-state index in [1.54, 1.807) is 18.5 Å². The minimum absolute atomic E-state index is 0.0602. The molecule has 0 unspecified atom stereocenters. The number of carbonyl (C=O) groups excluding carboxylic acids is 2. The highest BCUT2D eigenvalue weighted by Crippen LogP contribution is 2.34. The number of rotatable bonds is 6. The second kappa shape index (κ2) is 7.90. The maximum Gasteiger partial charge on any atom is 0.253 e. The Bertz CT molecular complexity index is 1490. The van der Waals surface area contributed by atoms with Crippen LogP contribution in [-0.4, -0.2) is 21.8 Å². The average molecular weight is 457 g/mol. The lowest BCUT2D eigenvalue weighted by atomic mass is 10.0. The van der Waals surface area contributed by atoms with Crippen molar-refractivity contribution in [3.05, 3.63) is 72.3 Å². The fourth-order valence-corrected chi connectivity index (χ4v) is 4.78. The van der Waals surface area contributed by atoms with Gasteiger partial charge in [-0.25, -0.2) is 4.98 Å². The smallest absolute Gasteiger partial charge is 0.253 e. The minimum Gasteiger partial charge on any atom is -0.467 e. The van der Waals surface area contributed by atoms with Gasteiger partial charge >= 0.3 is 0 Å². The third-order valence-electron chi connectivity index (χ3n) is 5.83. The maximum atomic E-state index is 12.8. The molecule has 2 amide bonds. The van der Waals surface area contributed by atoms with Gasteiger partial charge in [-0.3, -0.25) is 9.59 Å². The highest BCUT2D eigenvalue weighted by Gasteiger charge is 2.30. The minimum atomic E-state index is -0.163. The van der Waals surface area contributed by atoms with Gasteiger partial charge in [0.05, 0.1) is 28.6 Å². The summed E-state index contributed by atoms with van der Waals surface area (Å²) < 4.78 is 6.29. The quantitative estimate of drug-likeness (QED) is 0.322. The lowest BCUT2D eigenvalue weighted by molar-refractivity contribution is -0.117. The molecule has 1 fully saturated rings. The average Bonchev–Trinajstić information content (AvgIpc) is 3.21. The second-order valence-corrected chi connectivity index (χ2v) is 9.22. The van der Waals surface area contributed by atoms with Crippen LogP contribution in [0.1, 0.15) is 29.0 Å². The van der Waals surface area contributed by atoms with Gasteiger partial charge in [0.15, 0.2) is 5.13 Å². The van der Waals surface area contributed by atoms with Crippen LogP contribution in [0, 0.1) is 5.92 Å². The molecule has 1 aliphatic carbocycles. The number of nitrogens with one attached hydrogen (secondary N) is 3. The van der Waals surface area contributed by atoms with E-state index in [0.29, 0.717) is 23.0 Å². The Morgan fingerprint density at radius 3 is 2.79 bits per heavy atom. The van der Waals surface area contributed by atoms with Crippen molar-refractivity contribution in [3.63, 3.8) is 0 Å². The standard InChI is InChI=1S/C25H20N4O3S/c30-23(14-3-4-14)29-25-28-21-8-6-16(11-22(21)33-25)15-5-7-20-18(10-15)19(13-26-20)24(31)27-12-17-2-1-9-32-17/h1-2,5-11,13-14,26H,3-4,12H2,(H,27,31)(H,28,29,30). The summed E-state index contributed by atoms with van der Waals surface area (Å²) in [4.78, 5) is 32.5. The van der Waals surface area contributed by atoms with E-state index in [1.165, 1.54) is 11.3 Å². The molecule has 33 heavy (non-hydrogen) atoms. The van der Waals surface area contributed by atoms with Crippen molar-refractivity contribution >= 4 is 49.4 Å². The van der Waals surface area contributed by atoms with E-state index in [4.69, 9.17) is 4.42 Å². The van der Waals surface area contributed by atoms with E-state index in [1.807, 2.05) is 36.4 Å². The maximum absolute atomic E-state index is 12.8. The number of nitrogens with zero attached hydrogens (tertiary/aromatic N) is 1. The third-order valence-corrected chi connectivity index (χ3v) is 6.76. The van der Waals surface area contributed by atoms with Gasteiger partial charge in [0, 0.05) is 23.0 Å². The number of furan rings is 1. The summed E-state index contributed by atoms with van der Waals surface area (Å²) in [5.74, 6) is 0.745. The van der Waals surface area contributed by atoms with Gasteiger partial charge in [-0.2, -0.15) is 0 Å². The molecule has 0 spiro atoms. The van der Waals surface area contributed by atoms with Crippen molar-refractivity contribution in [1.29, 1.82) is 0 Å². The first-order chi connectivity index (χ1) is 16.1. The first-order valence-corrected chi connectivity index (χ1v) is 11.6. The van der Waals surface area contributed by atoms with Crippen LogP contribution in [0.5, 0.6) is 0 Å². The predicted octanol–water partition coefficient (Wildman–Crippen LogP) is 5.32. The van der Waals surface area contributed by atoms with Crippen LogP contribution in [-0.2, 0) is 11.3 Å². The molecule has 0 bridgehead atoms. The number of anilines is 1. The van der Waals surface area contributed by atoms with Crippen LogP contribution >= 0.6 is 11.3 Å². The Balaban J connectivity index is 1.27. The molecule has 6 rings (SSSR count). The molecule has 2 aromatic carbocycles. The lowest BCUT2D eigenvalue weighted by Crippen LogP contribution is -2.22. The number of hydrogen-bond acceptors (Lipinski definition) is 5. The van der Waals surface area contributed by atoms with Crippen LogP contribution in [0.2, 0.25) is 0 Å². The van der Waals surface area contributed by atoms with Crippen LogP contribution in [0.25, 0.3) is 32.2 Å². The van der Waals surface area contributed by atoms with Gasteiger partial charge in [-0.1, -0.05) is 23.5 Å². The summed E-state index contributed by atoms with van der Waals surface area (Å²) >= 11 is 1.48. The number of hydrogen-bond donors (Lipinski definition) is 3. The molecule has 0 saturated heterocycles. The summed E-state index contributed by atoms with van der Waals surface area (Å²) in [6.45, 7) is 0.333. The van der Waals surface area contributed by atoms with E-state index in [2.05, 4.69) is 26.7 Å². The second-order valence-electron chi connectivity index (χ2n) is 8.19. The van der Waals surface area contributed by atoms with Crippen LogP contribution in [0.4, 0.5) is 5.13 Å². The Morgan fingerprint density at radius 1 is 1.12 bits per heavy atom. The molecule has 0 radical (unpaired) electrons. The summed E-state index contributed by atoms with van der Waals surface area (Å²) in [7, 11) is 0. The van der Waals surface area contributed by atoms with Crippen LogP contribution < -0.4 is 10.6 Å². The summed E-state index contributed by atoms with van der Waals surface area (Å²) in [5.41, 5.74) is 4.36. The number of H-pyrrole nitrogens is 1. The van der Waals surface area contributed by atoms with E-state index in [-0.39, 0.29) is 17.7 Å². The van der Waals surface area contributed by atoms with Crippen molar-refractivity contribution in [2.75, 3.05) is 5.32 Å². The first-order valence-electron chi connectivity index (χ1n) is 10.8. The molecule has 1 saturated carbocycles. The molecule has 5 aromatic rings. The molecular weight excluding hydrogens is 436 g/mol. The largest absolute Gasteiger partial charge is 0.467 e. The molecule has 1 aliphatic rings. The molecule has 0 aliphatic heterocycles. The zero-order chi connectivity index (χ0) is 22.4. The van der Waals surface area contributed by atoms with Crippen LogP contribution in [0.15, 0.2) is 65.4 Å². The van der Waals surface area contributed by atoms with E-state index >= 15 is 0 Å². The summed E-state index contributed by atoms with van der Waals surface area (Å²) in [6.07, 6.45) is 5.24. The van der Waals surface area contributed by atoms with Crippen molar-refractivity contribution in [3.8, 4) is 11.1 Å². The predicted molar refractivity (Wildman–Crippen MR) is 128 cm³/mol. The third kappa shape index (κ3) is 3.89. The van der Waals surface area contributed by atoms with Crippen molar-refractivity contribution in [2.24, 2.45) is 5.92 Å². The number of aromatic nitrogens is 2. The van der Waals surface area contributed by atoms with Crippen molar-refractivity contribution < 1.29 is 14.0 Å². The number of aromatic amines is 1. The van der Waals surface area contributed by atoms with Gasteiger partial charge in [0.2, 0.25) is 5.91 Å². The van der Waals surface area contributed by atoms with Crippen molar-refractivity contribution in [1.82, 2.24) is 15.3 Å². The highest BCUT2D eigenvalue weighted by molar-refractivity contribution is 7.22. The highest BCUT2D eigenvalue weighted by atomic mass is 32.1. The molecule has 164 valence electrons. The monoisotopic (exact) mass is 456 g/mol. The Morgan fingerprint density at radius 2 is 1.97 bits per heavy atom. The zero-order valence-corrected chi connectivity index (χ0v) is 18.4. The lowest BCUT2D eigenvalue weighted by Gasteiger charge is -2.05. The molecule has 7 nitrogen and oxygen atoms in total. The Labute approximate surface area is 192 Å². The van der Waals surface area contributed by atoms with Gasteiger partial charge in [-0.15, -0.1) is 0 Å². The summed E-state index contributed by atoms with van der Waals surface area (Å²) in [5, 5.41) is 7.32. The Kier molecular flexibility index (Phi) is 4.73. The molecule has 8 heteroatoms. The van der Waals surface area contributed by atoms with Gasteiger partial charge in [-0.05, 0) is 60.4 Å². The van der Waals surface area contributed by atoms with E-state index in [9.17, 15) is 9.59 Å². The topological polar surface area (TPSA) is 100 Å². The van der Waals surface area contributed by atoms with Gasteiger partial charge in [0.25, 0.3) is 5.91 Å². The number of fused-ring (bicyclic) bond motifs is 2.